The van der Waals surface area contributed by atoms with E-state index >= 15 is 0 Å². The average molecular weight is 208 g/mol. The van der Waals surface area contributed by atoms with Crippen molar-refractivity contribution in [2.24, 2.45) is 0 Å². The fourth-order valence-electron chi connectivity index (χ4n) is 1.29. The molecule has 1 heterocycles. The Labute approximate surface area is 80.1 Å². The Morgan fingerprint density at radius 3 is 2.36 bits per heavy atom. The lowest BCUT2D eigenvalue weighted by molar-refractivity contribution is -0.166. The minimum absolute atomic E-state index is 0.443. The molecule has 14 heavy (non-hydrogen) atoms. The van der Waals surface area contributed by atoms with Crippen LogP contribution in [0.1, 0.15) is 6.92 Å². The quantitative estimate of drug-likeness (QED) is 0.428. The lowest BCUT2D eigenvalue weighted by Gasteiger charge is -2.36. The highest BCUT2D eigenvalue weighted by Gasteiger charge is 2.41. The zero-order chi connectivity index (χ0) is 10.9. The molecule has 1 aliphatic rings. The molecule has 0 amide bonds. The summed E-state index contributed by atoms with van der Waals surface area (Å²) in [5, 5.41) is 36.6. The lowest BCUT2D eigenvalue weighted by Crippen LogP contribution is -2.53. The number of allylic oxidation sites excluding steroid dienone is 1. The van der Waals surface area contributed by atoms with Crippen molar-refractivity contribution in [2.45, 2.75) is 31.3 Å². The van der Waals surface area contributed by atoms with Gasteiger partial charge < -0.3 is 25.2 Å². The van der Waals surface area contributed by atoms with Crippen molar-refractivity contribution in [3.8, 4) is 0 Å². The normalized spacial score (nSPS) is 41.9. The van der Waals surface area contributed by atoms with Gasteiger partial charge in [0.25, 0.3) is 0 Å². The van der Waals surface area contributed by atoms with Crippen LogP contribution in [0.25, 0.3) is 0 Å². The summed E-state index contributed by atoms with van der Waals surface area (Å²) in [6, 6.07) is 0. The predicted octanol–water partition coefficient (Wildman–Crippen LogP) is -1.34. The van der Waals surface area contributed by atoms with E-state index < -0.39 is 42.6 Å². The van der Waals surface area contributed by atoms with Gasteiger partial charge in [0.1, 0.15) is 30.2 Å². The second-order valence-electron chi connectivity index (χ2n) is 3.16. The van der Waals surface area contributed by atoms with Gasteiger partial charge in [-0.15, -0.1) is 0 Å². The molecule has 0 aromatic carbocycles. The maximum Gasteiger partial charge on any atom is 0.159 e. The number of ether oxygens (including phenoxy) is 1. The van der Waals surface area contributed by atoms with Gasteiger partial charge in [-0.25, -0.2) is 4.39 Å². The molecule has 0 aromatic rings. The monoisotopic (exact) mass is 208 g/mol. The van der Waals surface area contributed by atoms with Gasteiger partial charge in [-0.2, -0.15) is 0 Å². The Bertz CT molecular complexity index is 236. The van der Waals surface area contributed by atoms with Crippen LogP contribution in [-0.4, -0.2) is 51.4 Å². The molecule has 0 aromatic heterocycles. The molecule has 0 radical (unpaired) electrons. The Kier molecular flexibility index (Phi) is 3.43. The SMILES string of the molecule is C/C(F)=C1/O[C@H](CO)[C@@H](O)[C@H](O)[C@H]1O. The van der Waals surface area contributed by atoms with E-state index in [1.165, 1.54) is 0 Å². The zero-order valence-corrected chi connectivity index (χ0v) is 7.59. The van der Waals surface area contributed by atoms with Crippen molar-refractivity contribution in [3.05, 3.63) is 11.6 Å². The maximum absolute atomic E-state index is 12.8. The van der Waals surface area contributed by atoms with E-state index in [2.05, 4.69) is 0 Å². The first kappa shape index (κ1) is 11.4. The highest BCUT2D eigenvalue weighted by Crippen LogP contribution is 2.26. The summed E-state index contributed by atoms with van der Waals surface area (Å²) in [7, 11) is 0. The summed E-state index contributed by atoms with van der Waals surface area (Å²) in [4.78, 5) is 0. The molecule has 4 atom stereocenters. The first-order valence-corrected chi connectivity index (χ1v) is 4.17. The van der Waals surface area contributed by atoms with Gasteiger partial charge in [0, 0.05) is 0 Å². The van der Waals surface area contributed by atoms with Crippen molar-refractivity contribution in [1.82, 2.24) is 0 Å². The van der Waals surface area contributed by atoms with Crippen LogP contribution in [0.15, 0.2) is 11.6 Å². The molecule has 0 spiro atoms. The lowest BCUT2D eigenvalue weighted by atomic mass is 9.98. The van der Waals surface area contributed by atoms with Crippen LogP contribution in [0.4, 0.5) is 4.39 Å². The minimum atomic E-state index is -1.60. The predicted molar refractivity (Wildman–Crippen MR) is 43.8 cm³/mol. The summed E-state index contributed by atoms with van der Waals surface area (Å²) in [5.41, 5.74) is 0. The fourth-order valence-corrected chi connectivity index (χ4v) is 1.29. The average Bonchev–Trinajstić information content (AvgIpc) is 2.14. The highest BCUT2D eigenvalue weighted by molar-refractivity contribution is 5.11. The van der Waals surface area contributed by atoms with Crippen LogP contribution in [0, 0.1) is 0 Å². The van der Waals surface area contributed by atoms with Gasteiger partial charge in [-0.1, -0.05) is 0 Å². The number of hydrogen-bond acceptors (Lipinski definition) is 5. The third-order valence-electron chi connectivity index (χ3n) is 2.12. The van der Waals surface area contributed by atoms with Crippen molar-refractivity contribution >= 4 is 0 Å². The summed E-state index contributed by atoms with van der Waals surface area (Å²) in [5.74, 6) is -1.23. The number of rotatable bonds is 1. The molecule has 0 unspecified atom stereocenters. The number of halogens is 1. The number of hydrogen-bond donors (Lipinski definition) is 4. The highest BCUT2D eigenvalue weighted by atomic mass is 19.1. The van der Waals surface area contributed by atoms with E-state index in [1.807, 2.05) is 0 Å². The van der Waals surface area contributed by atoms with Crippen molar-refractivity contribution in [2.75, 3.05) is 6.61 Å². The molecule has 1 rings (SSSR count). The van der Waals surface area contributed by atoms with E-state index in [0.29, 0.717) is 0 Å². The molecule has 6 heteroatoms. The molecule has 0 bridgehead atoms. The molecular weight excluding hydrogens is 195 g/mol. The Balaban J connectivity index is 2.90. The smallest absolute Gasteiger partial charge is 0.159 e. The number of aliphatic hydroxyl groups is 4. The van der Waals surface area contributed by atoms with Crippen LogP contribution in [0.3, 0.4) is 0 Å². The second kappa shape index (κ2) is 4.22. The second-order valence-corrected chi connectivity index (χ2v) is 3.16. The van der Waals surface area contributed by atoms with Crippen molar-refractivity contribution in [1.29, 1.82) is 0 Å². The Hall–Kier alpha value is -0.690. The molecule has 0 aliphatic carbocycles. The topological polar surface area (TPSA) is 90.2 Å². The standard InChI is InChI=1S/C8H13FO5/c1-3(9)8-7(13)6(12)5(11)4(2-10)14-8/h4-7,10-13H,2H2,1H3/b8-3-/t4-,5-,6+,7-/m1/s1. The third kappa shape index (κ3) is 1.88. The van der Waals surface area contributed by atoms with Gasteiger partial charge >= 0.3 is 0 Å². The molecule has 4 N–H and O–H groups in total. The largest absolute Gasteiger partial charge is 0.484 e. The van der Waals surface area contributed by atoms with Crippen molar-refractivity contribution < 1.29 is 29.6 Å². The van der Waals surface area contributed by atoms with E-state index in [0.717, 1.165) is 6.92 Å². The van der Waals surface area contributed by atoms with Gasteiger partial charge in [-0.05, 0) is 6.92 Å². The third-order valence-corrected chi connectivity index (χ3v) is 2.12. The first-order valence-electron chi connectivity index (χ1n) is 4.17. The van der Waals surface area contributed by atoms with Crippen LogP contribution < -0.4 is 0 Å². The first-order chi connectivity index (χ1) is 6.49. The van der Waals surface area contributed by atoms with E-state index in [9.17, 15) is 19.7 Å². The minimum Gasteiger partial charge on any atom is -0.484 e. The summed E-state index contributed by atoms with van der Waals surface area (Å²) in [6.45, 7) is 0.485. The molecule has 82 valence electrons. The summed E-state index contributed by atoms with van der Waals surface area (Å²) >= 11 is 0. The maximum atomic E-state index is 12.8. The summed E-state index contributed by atoms with van der Waals surface area (Å²) in [6.07, 6.45) is -5.70. The van der Waals surface area contributed by atoms with Gasteiger partial charge in [0.15, 0.2) is 5.76 Å². The van der Waals surface area contributed by atoms with E-state index in [1.54, 1.807) is 0 Å². The molecule has 1 saturated heterocycles. The fraction of sp³-hybridized carbons (Fsp3) is 0.750. The molecule has 1 fully saturated rings. The molecule has 5 nitrogen and oxygen atoms in total. The van der Waals surface area contributed by atoms with Crippen LogP contribution in [-0.2, 0) is 4.74 Å². The molecule has 0 saturated carbocycles. The van der Waals surface area contributed by atoms with Gasteiger partial charge in [0.05, 0.1) is 6.61 Å². The Morgan fingerprint density at radius 2 is 1.93 bits per heavy atom. The number of aliphatic hydroxyl groups excluding tert-OH is 4. The Morgan fingerprint density at radius 1 is 1.36 bits per heavy atom. The zero-order valence-electron chi connectivity index (χ0n) is 7.59. The van der Waals surface area contributed by atoms with E-state index in [-0.39, 0.29) is 0 Å². The summed E-state index contributed by atoms with van der Waals surface area (Å²) < 4.78 is 17.6. The van der Waals surface area contributed by atoms with Crippen LogP contribution in [0.2, 0.25) is 0 Å². The van der Waals surface area contributed by atoms with Crippen molar-refractivity contribution in [3.63, 3.8) is 0 Å². The van der Waals surface area contributed by atoms with Crippen LogP contribution >= 0.6 is 0 Å². The van der Waals surface area contributed by atoms with Gasteiger partial charge in [0.2, 0.25) is 0 Å². The van der Waals surface area contributed by atoms with Crippen LogP contribution in [0.5, 0.6) is 0 Å². The van der Waals surface area contributed by atoms with E-state index in [4.69, 9.17) is 9.84 Å². The van der Waals surface area contributed by atoms with Gasteiger partial charge in [-0.3, -0.25) is 0 Å². The molecular formula is C8H13FO5. The molecule has 1 aliphatic heterocycles.